The topological polar surface area (TPSA) is 71.9 Å². The number of hydrogen-bond donors (Lipinski definition) is 2. The Morgan fingerprint density at radius 3 is 2.89 bits per heavy atom. The first kappa shape index (κ1) is 18.6. The van der Waals surface area contributed by atoms with Gasteiger partial charge in [0.05, 0.1) is 12.9 Å². The standard InChI is InChI=1S/C22H27N3O3/c1-16-19-6-2-3-7-20(19)28-21(16)14-25-22(24-13-17-9-12-26-15-17)23-10-8-18-5-4-11-27-18/h2-7,11,17H,8-10,12-15H2,1H3,(H2,23,24,25). The van der Waals surface area contributed by atoms with E-state index in [1.165, 1.54) is 0 Å². The summed E-state index contributed by atoms with van der Waals surface area (Å²) >= 11 is 0. The Bertz CT molecular complexity index is 908. The molecule has 0 spiro atoms. The summed E-state index contributed by atoms with van der Waals surface area (Å²) < 4.78 is 16.9. The molecule has 6 nitrogen and oxygen atoms in total. The van der Waals surface area contributed by atoms with Crippen LogP contribution in [0.5, 0.6) is 0 Å². The molecular weight excluding hydrogens is 354 g/mol. The third-order valence-electron chi connectivity index (χ3n) is 5.15. The predicted octanol–water partition coefficient (Wildman–Crippen LogP) is 3.65. The smallest absolute Gasteiger partial charge is 0.191 e. The molecule has 0 radical (unpaired) electrons. The van der Waals surface area contributed by atoms with Gasteiger partial charge in [0.2, 0.25) is 0 Å². The second-order valence-electron chi connectivity index (χ2n) is 7.18. The highest BCUT2D eigenvalue weighted by Crippen LogP contribution is 2.25. The molecule has 28 heavy (non-hydrogen) atoms. The zero-order valence-corrected chi connectivity index (χ0v) is 16.2. The lowest BCUT2D eigenvalue weighted by Gasteiger charge is -2.14. The summed E-state index contributed by atoms with van der Waals surface area (Å²) in [5.74, 6) is 3.19. The first-order valence-corrected chi connectivity index (χ1v) is 9.89. The Morgan fingerprint density at radius 1 is 1.18 bits per heavy atom. The van der Waals surface area contributed by atoms with Gasteiger partial charge in [-0.05, 0) is 31.5 Å². The minimum Gasteiger partial charge on any atom is -0.469 e. The summed E-state index contributed by atoms with van der Waals surface area (Å²) in [6.45, 7) is 5.85. The Hall–Kier alpha value is -2.73. The minimum absolute atomic E-state index is 0.498. The van der Waals surface area contributed by atoms with E-state index in [0.717, 1.165) is 73.2 Å². The Balaban J connectivity index is 1.41. The summed E-state index contributed by atoms with van der Waals surface area (Å²) in [4.78, 5) is 4.76. The fraction of sp³-hybridized carbons (Fsp3) is 0.409. The molecule has 3 heterocycles. The lowest BCUT2D eigenvalue weighted by atomic mass is 10.1. The average molecular weight is 381 g/mol. The van der Waals surface area contributed by atoms with E-state index >= 15 is 0 Å². The molecule has 1 atom stereocenters. The van der Waals surface area contributed by atoms with Crippen LogP contribution >= 0.6 is 0 Å². The molecule has 0 bridgehead atoms. The van der Waals surface area contributed by atoms with Crippen molar-refractivity contribution in [1.82, 2.24) is 10.6 Å². The molecule has 1 aliphatic heterocycles. The number of nitrogens with one attached hydrogen (secondary N) is 2. The lowest BCUT2D eigenvalue weighted by Crippen LogP contribution is -2.40. The van der Waals surface area contributed by atoms with E-state index in [0.29, 0.717) is 12.5 Å². The number of ether oxygens (including phenoxy) is 1. The molecule has 1 unspecified atom stereocenters. The van der Waals surface area contributed by atoms with Crippen LogP contribution in [0.15, 0.2) is 56.5 Å². The zero-order chi connectivity index (χ0) is 19.2. The summed E-state index contributed by atoms with van der Waals surface area (Å²) in [5, 5.41) is 8.00. The number of benzene rings is 1. The molecule has 6 heteroatoms. The van der Waals surface area contributed by atoms with Gasteiger partial charge in [0, 0.05) is 43.0 Å². The number of furan rings is 2. The number of fused-ring (bicyclic) bond motifs is 1. The van der Waals surface area contributed by atoms with Crippen LogP contribution in [0.1, 0.15) is 23.5 Å². The number of guanidine groups is 1. The van der Waals surface area contributed by atoms with Crippen LogP contribution in [0.2, 0.25) is 0 Å². The molecule has 0 aliphatic carbocycles. The van der Waals surface area contributed by atoms with Crippen molar-refractivity contribution in [3.8, 4) is 0 Å². The van der Waals surface area contributed by atoms with Crippen LogP contribution in [0, 0.1) is 12.8 Å². The van der Waals surface area contributed by atoms with Gasteiger partial charge in [0.15, 0.2) is 5.96 Å². The van der Waals surface area contributed by atoms with Gasteiger partial charge in [-0.2, -0.15) is 0 Å². The van der Waals surface area contributed by atoms with Crippen LogP contribution < -0.4 is 10.6 Å². The SMILES string of the molecule is Cc1c(CN=C(NCCc2ccco2)NCC2CCOC2)oc2ccccc12. The molecule has 1 saturated heterocycles. The molecular formula is C22H27N3O3. The third-order valence-corrected chi connectivity index (χ3v) is 5.15. The number of para-hydroxylation sites is 1. The van der Waals surface area contributed by atoms with Gasteiger partial charge in [-0.25, -0.2) is 4.99 Å². The quantitative estimate of drug-likeness (QED) is 0.483. The van der Waals surface area contributed by atoms with Gasteiger partial charge in [0.1, 0.15) is 23.6 Å². The fourth-order valence-electron chi connectivity index (χ4n) is 3.45. The van der Waals surface area contributed by atoms with Gasteiger partial charge in [-0.15, -0.1) is 0 Å². The Labute approximate surface area is 165 Å². The normalized spacial score (nSPS) is 17.3. The van der Waals surface area contributed by atoms with Gasteiger partial charge < -0.3 is 24.2 Å². The first-order valence-electron chi connectivity index (χ1n) is 9.89. The maximum atomic E-state index is 5.99. The van der Waals surface area contributed by atoms with Crippen LogP contribution in [0.4, 0.5) is 0 Å². The number of hydrogen-bond acceptors (Lipinski definition) is 4. The molecule has 4 rings (SSSR count). The van der Waals surface area contributed by atoms with E-state index in [2.05, 4.69) is 23.6 Å². The van der Waals surface area contributed by atoms with E-state index in [-0.39, 0.29) is 0 Å². The van der Waals surface area contributed by atoms with E-state index < -0.39 is 0 Å². The third kappa shape index (κ3) is 4.57. The van der Waals surface area contributed by atoms with Gasteiger partial charge in [-0.3, -0.25) is 0 Å². The first-order chi connectivity index (χ1) is 13.8. The van der Waals surface area contributed by atoms with Crippen molar-refractivity contribution in [1.29, 1.82) is 0 Å². The average Bonchev–Trinajstić information content (AvgIpc) is 3.46. The van der Waals surface area contributed by atoms with Crippen LogP contribution in [0.3, 0.4) is 0 Å². The highest BCUT2D eigenvalue weighted by atomic mass is 16.5. The van der Waals surface area contributed by atoms with Crippen molar-refractivity contribution in [3.63, 3.8) is 0 Å². The monoisotopic (exact) mass is 381 g/mol. The second-order valence-corrected chi connectivity index (χ2v) is 7.18. The van der Waals surface area contributed by atoms with Gasteiger partial charge in [0.25, 0.3) is 0 Å². The molecule has 2 aromatic heterocycles. The predicted molar refractivity (Wildman–Crippen MR) is 109 cm³/mol. The van der Waals surface area contributed by atoms with Crippen molar-refractivity contribution >= 4 is 16.9 Å². The van der Waals surface area contributed by atoms with Crippen molar-refractivity contribution in [2.24, 2.45) is 10.9 Å². The molecule has 1 aliphatic rings. The summed E-state index contributed by atoms with van der Waals surface area (Å²) in [7, 11) is 0. The van der Waals surface area contributed by atoms with E-state index in [9.17, 15) is 0 Å². The number of aryl methyl sites for hydroxylation is 1. The van der Waals surface area contributed by atoms with Crippen molar-refractivity contribution in [2.45, 2.75) is 26.3 Å². The number of rotatable bonds is 7. The lowest BCUT2D eigenvalue weighted by molar-refractivity contribution is 0.186. The minimum atomic E-state index is 0.498. The number of nitrogens with zero attached hydrogens (tertiary/aromatic N) is 1. The molecule has 1 fully saturated rings. The Kier molecular flexibility index (Phi) is 5.97. The summed E-state index contributed by atoms with van der Waals surface area (Å²) in [5.41, 5.74) is 2.06. The fourth-order valence-corrected chi connectivity index (χ4v) is 3.45. The second kappa shape index (κ2) is 8.97. The maximum Gasteiger partial charge on any atom is 0.191 e. The maximum absolute atomic E-state index is 5.99. The molecule has 1 aromatic carbocycles. The molecule has 148 valence electrons. The van der Waals surface area contributed by atoms with E-state index in [4.69, 9.17) is 18.6 Å². The number of aliphatic imine (C=N–C) groups is 1. The molecule has 0 saturated carbocycles. The highest BCUT2D eigenvalue weighted by Gasteiger charge is 2.16. The Morgan fingerprint density at radius 2 is 2.11 bits per heavy atom. The van der Waals surface area contributed by atoms with Crippen molar-refractivity contribution in [2.75, 3.05) is 26.3 Å². The highest BCUT2D eigenvalue weighted by molar-refractivity contribution is 5.82. The van der Waals surface area contributed by atoms with Crippen LogP contribution in [-0.2, 0) is 17.7 Å². The van der Waals surface area contributed by atoms with Crippen LogP contribution in [0.25, 0.3) is 11.0 Å². The molecule has 0 amide bonds. The van der Waals surface area contributed by atoms with Crippen LogP contribution in [-0.4, -0.2) is 32.3 Å². The van der Waals surface area contributed by atoms with Crippen molar-refractivity contribution in [3.05, 3.63) is 59.7 Å². The summed E-state index contributed by atoms with van der Waals surface area (Å²) in [6, 6.07) is 12.0. The van der Waals surface area contributed by atoms with Gasteiger partial charge >= 0.3 is 0 Å². The van der Waals surface area contributed by atoms with E-state index in [1.807, 2.05) is 30.3 Å². The zero-order valence-electron chi connectivity index (χ0n) is 16.2. The molecule has 3 aromatic rings. The largest absolute Gasteiger partial charge is 0.469 e. The van der Waals surface area contributed by atoms with E-state index in [1.54, 1.807) is 6.26 Å². The summed E-state index contributed by atoms with van der Waals surface area (Å²) in [6.07, 6.45) is 3.60. The van der Waals surface area contributed by atoms with Crippen molar-refractivity contribution < 1.29 is 13.6 Å². The van der Waals surface area contributed by atoms with Gasteiger partial charge in [-0.1, -0.05) is 18.2 Å². The molecule has 2 N–H and O–H groups in total.